The van der Waals surface area contributed by atoms with Gasteiger partial charge in [-0.3, -0.25) is 0 Å². The monoisotopic (exact) mass is 391 g/mol. The van der Waals surface area contributed by atoms with Crippen LogP contribution in [-0.2, 0) is 4.74 Å². The number of anilines is 4. The van der Waals surface area contributed by atoms with Gasteiger partial charge in [0.25, 0.3) is 0 Å². The number of nitrogens with one attached hydrogen (secondary N) is 2. The van der Waals surface area contributed by atoms with Crippen molar-refractivity contribution in [2.75, 3.05) is 41.9 Å². The number of hydrazone groups is 1. The fraction of sp³-hybridized carbons (Fsp3) is 0.200. The summed E-state index contributed by atoms with van der Waals surface area (Å²) in [6, 6.07) is 16.5. The van der Waals surface area contributed by atoms with Gasteiger partial charge in [0.1, 0.15) is 5.75 Å². The molecule has 1 fully saturated rings. The van der Waals surface area contributed by atoms with Gasteiger partial charge in [0.05, 0.1) is 19.4 Å². The smallest absolute Gasteiger partial charge is 0.250 e. The molecule has 0 saturated carbocycles. The Labute approximate surface area is 168 Å². The van der Waals surface area contributed by atoms with Gasteiger partial charge < -0.3 is 20.1 Å². The van der Waals surface area contributed by atoms with Gasteiger partial charge in [0.15, 0.2) is 0 Å². The minimum Gasteiger partial charge on any atom is -0.508 e. The van der Waals surface area contributed by atoms with Crippen molar-refractivity contribution in [1.29, 1.82) is 0 Å². The molecule has 29 heavy (non-hydrogen) atoms. The molecule has 2 heterocycles. The standard InChI is InChI=1S/C20H21N7O2/c28-17-8-4-5-15(13-17)14-21-26-19-23-18(22-16-6-2-1-3-7-16)24-20(25-19)27-9-11-29-12-10-27/h1-8,13-14,28H,9-12H2,(H2,22,23,24,25,26)/b21-14-. The number of nitrogens with zero attached hydrogens (tertiary/aromatic N) is 5. The molecule has 4 rings (SSSR count). The molecule has 0 bridgehead atoms. The quantitative estimate of drug-likeness (QED) is 0.435. The largest absolute Gasteiger partial charge is 0.508 e. The normalized spacial score (nSPS) is 14.1. The number of aromatic hydroxyl groups is 1. The maximum atomic E-state index is 9.55. The third kappa shape index (κ3) is 5.17. The van der Waals surface area contributed by atoms with Crippen LogP contribution in [0.25, 0.3) is 0 Å². The van der Waals surface area contributed by atoms with Crippen LogP contribution in [0.5, 0.6) is 5.75 Å². The highest BCUT2D eigenvalue weighted by molar-refractivity contribution is 5.80. The van der Waals surface area contributed by atoms with Gasteiger partial charge in [-0.2, -0.15) is 20.1 Å². The van der Waals surface area contributed by atoms with E-state index < -0.39 is 0 Å². The number of hydrogen-bond acceptors (Lipinski definition) is 9. The van der Waals surface area contributed by atoms with Crippen LogP contribution in [0.4, 0.5) is 23.5 Å². The summed E-state index contributed by atoms with van der Waals surface area (Å²) in [4.78, 5) is 15.5. The summed E-state index contributed by atoms with van der Waals surface area (Å²) in [5.41, 5.74) is 4.47. The van der Waals surface area contributed by atoms with E-state index in [0.717, 1.165) is 11.3 Å². The Balaban J connectivity index is 1.56. The molecule has 1 saturated heterocycles. The predicted octanol–water partition coefficient (Wildman–Crippen LogP) is 2.60. The number of morpholine rings is 1. The number of para-hydroxylation sites is 1. The molecular formula is C20H21N7O2. The van der Waals surface area contributed by atoms with Crippen LogP contribution in [0.3, 0.4) is 0 Å². The van der Waals surface area contributed by atoms with Gasteiger partial charge in [0, 0.05) is 18.8 Å². The second-order valence-corrected chi connectivity index (χ2v) is 6.34. The second-order valence-electron chi connectivity index (χ2n) is 6.34. The molecule has 9 nitrogen and oxygen atoms in total. The summed E-state index contributed by atoms with van der Waals surface area (Å²) in [5, 5.41) is 16.9. The van der Waals surface area contributed by atoms with Crippen molar-refractivity contribution >= 4 is 29.7 Å². The van der Waals surface area contributed by atoms with E-state index in [4.69, 9.17) is 4.74 Å². The molecule has 1 aliphatic heterocycles. The molecule has 0 radical (unpaired) electrons. The number of phenolic OH excluding ortho intramolecular Hbond substituents is 1. The lowest BCUT2D eigenvalue weighted by molar-refractivity contribution is 0.122. The first kappa shape index (κ1) is 18.6. The summed E-state index contributed by atoms with van der Waals surface area (Å²) >= 11 is 0. The summed E-state index contributed by atoms with van der Waals surface area (Å²) < 4.78 is 5.41. The molecule has 148 valence electrons. The maximum absolute atomic E-state index is 9.55. The molecule has 0 atom stereocenters. The first-order valence-corrected chi connectivity index (χ1v) is 9.25. The number of benzene rings is 2. The molecule has 0 aliphatic carbocycles. The molecule has 2 aromatic carbocycles. The van der Waals surface area contributed by atoms with E-state index >= 15 is 0 Å². The first-order chi connectivity index (χ1) is 14.3. The molecule has 0 unspecified atom stereocenters. The number of ether oxygens (including phenoxy) is 1. The van der Waals surface area contributed by atoms with Crippen molar-refractivity contribution in [3.8, 4) is 5.75 Å². The Morgan fingerprint density at radius 3 is 2.55 bits per heavy atom. The van der Waals surface area contributed by atoms with Crippen LogP contribution in [0, 0.1) is 0 Å². The van der Waals surface area contributed by atoms with E-state index in [9.17, 15) is 5.11 Å². The second kappa shape index (κ2) is 8.98. The van der Waals surface area contributed by atoms with Crippen LogP contribution in [0.2, 0.25) is 0 Å². The van der Waals surface area contributed by atoms with Crippen molar-refractivity contribution in [2.24, 2.45) is 5.10 Å². The van der Waals surface area contributed by atoms with Crippen molar-refractivity contribution in [2.45, 2.75) is 0 Å². The third-order valence-corrected chi connectivity index (χ3v) is 4.20. The van der Waals surface area contributed by atoms with E-state index in [1.807, 2.05) is 41.3 Å². The minimum atomic E-state index is 0.179. The van der Waals surface area contributed by atoms with E-state index in [1.165, 1.54) is 0 Å². The van der Waals surface area contributed by atoms with Gasteiger partial charge in [-0.05, 0) is 29.8 Å². The van der Waals surface area contributed by atoms with Gasteiger partial charge in [-0.15, -0.1) is 0 Å². The van der Waals surface area contributed by atoms with Gasteiger partial charge in [0.2, 0.25) is 17.8 Å². The van der Waals surface area contributed by atoms with Gasteiger partial charge in [-0.1, -0.05) is 30.3 Å². The van der Waals surface area contributed by atoms with E-state index in [-0.39, 0.29) is 5.75 Å². The average molecular weight is 391 g/mol. The molecule has 3 aromatic rings. The Morgan fingerprint density at radius 1 is 0.966 bits per heavy atom. The van der Waals surface area contributed by atoms with Crippen LogP contribution < -0.4 is 15.6 Å². The van der Waals surface area contributed by atoms with Gasteiger partial charge >= 0.3 is 0 Å². The highest BCUT2D eigenvalue weighted by Gasteiger charge is 2.16. The number of hydrogen-bond donors (Lipinski definition) is 3. The van der Waals surface area contributed by atoms with Crippen molar-refractivity contribution in [1.82, 2.24) is 15.0 Å². The van der Waals surface area contributed by atoms with Crippen LogP contribution in [0.1, 0.15) is 5.56 Å². The number of rotatable bonds is 6. The molecule has 1 aliphatic rings. The highest BCUT2D eigenvalue weighted by Crippen LogP contribution is 2.18. The summed E-state index contributed by atoms with van der Waals surface area (Å²) in [7, 11) is 0. The van der Waals surface area contributed by atoms with E-state index in [2.05, 4.69) is 30.8 Å². The topological polar surface area (TPSA) is 108 Å². The predicted molar refractivity (Wildman–Crippen MR) is 112 cm³/mol. The zero-order valence-electron chi connectivity index (χ0n) is 15.7. The van der Waals surface area contributed by atoms with E-state index in [1.54, 1.807) is 24.4 Å². The molecule has 9 heteroatoms. The molecule has 0 amide bonds. The Hall–Kier alpha value is -3.72. The lowest BCUT2D eigenvalue weighted by Gasteiger charge is -2.27. The highest BCUT2D eigenvalue weighted by atomic mass is 16.5. The summed E-state index contributed by atoms with van der Waals surface area (Å²) in [6.45, 7) is 2.68. The zero-order valence-corrected chi connectivity index (χ0v) is 15.7. The summed E-state index contributed by atoms with van der Waals surface area (Å²) in [5.74, 6) is 1.47. The molecule has 1 aromatic heterocycles. The van der Waals surface area contributed by atoms with E-state index in [0.29, 0.717) is 44.1 Å². The lowest BCUT2D eigenvalue weighted by Crippen LogP contribution is -2.37. The summed E-state index contributed by atoms with van der Waals surface area (Å²) in [6.07, 6.45) is 1.59. The van der Waals surface area contributed by atoms with Crippen molar-refractivity contribution in [3.05, 3.63) is 60.2 Å². The zero-order chi connectivity index (χ0) is 19.9. The first-order valence-electron chi connectivity index (χ1n) is 9.25. The number of aromatic nitrogens is 3. The lowest BCUT2D eigenvalue weighted by atomic mass is 10.2. The maximum Gasteiger partial charge on any atom is 0.250 e. The van der Waals surface area contributed by atoms with Crippen LogP contribution in [0.15, 0.2) is 59.7 Å². The molecular weight excluding hydrogens is 370 g/mol. The fourth-order valence-electron chi connectivity index (χ4n) is 2.80. The minimum absolute atomic E-state index is 0.179. The number of phenols is 1. The van der Waals surface area contributed by atoms with Crippen LogP contribution >= 0.6 is 0 Å². The Kier molecular flexibility index (Phi) is 5.77. The van der Waals surface area contributed by atoms with Crippen molar-refractivity contribution in [3.63, 3.8) is 0 Å². The molecule has 0 spiro atoms. The average Bonchev–Trinajstić information content (AvgIpc) is 2.75. The van der Waals surface area contributed by atoms with Gasteiger partial charge in [-0.25, -0.2) is 5.43 Å². The van der Waals surface area contributed by atoms with Crippen LogP contribution in [-0.4, -0.2) is 52.6 Å². The Bertz CT molecular complexity index is 976. The fourth-order valence-corrected chi connectivity index (χ4v) is 2.80. The third-order valence-electron chi connectivity index (χ3n) is 4.20. The Morgan fingerprint density at radius 2 is 1.76 bits per heavy atom. The SMILES string of the molecule is Oc1cccc(/C=N\Nc2nc(Nc3ccccc3)nc(N3CCOCC3)n2)c1. The molecule has 3 N–H and O–H groups in total. The van der Waals surface area contributed by atoms with Crippen molar-refractivity contribution < 1.29 is 9.84 Å².